The highest BCUT2D eigenvalue weighted by Crippen LogP contribution is 2.34. The number of rotatable bonds is 3. The third kappa shape index (κ3) is 2.73. The van der Waals surface area contributed by atoms with Crippen molar-refractivity contribution in [1.82, 2.24) is 10.6 Å². The molecule has 1 fully saturated rings. The molecular weight excluding hydrogens is 240 g/mol. The van der Waals surface area contributed by atoms with E-state index in [9.17, 15) is 9.90 Å². The van der Waals surface area contributed by atoms with E-state index >= 15 is 0 Å². The number of carbonyl (C=O) groups is 1. The second-order valence-electron chi connectivity index (χ2n) is 5.55. The van der Waals surface area contributed by atoms with Gasteiger partial charge in [-0.05, 0) is 36.8 Å². The summed E-state index contributed by atoms with van der Waals surface area (Å²) in [6.45, 7) is 0.114. The van der Waals surface area contributed by atoms with Gasteiger partial charge in [-0.3, -0.25) is 0 Å². The predicted molar refractivity (Wildman–Crippen MR) is 72.8 cm³/mol. The van der Waals surface area contributed by atoms with Gasteiger partial charge >= 0.3 is 6.03 Å². The largest absolute Gasteiger partial charge is 0.396 e. The van der Waals surface area contributed by atoms with Crippen molar-refractivity contribution in [2.45, 2.75) is 37.8 Å². The molecule has 3 rings (SSSR count). The maximum absolute atomic E-state index is 11.9. The first-order valence-electron chi connectivity index (χ1n) is 7.03. The molecule has 4 heteroatoms. The van der Waals surface area contributed by atoms with Crippen LogP contribution in [0.25, 0.3) is 0 Å². The topological polar surface area (TPSA) is 61.4 Å². The van der Waals surface area contributed by atoms with E-state index in [1.807, 2.05) is 12.1 Å². The lowest BCUT2D eigenvalue weighted by atomic mass is 9.80. The summed E-state index contributed by atoms with van der Waals surface area (Å²) in [5, 5.41) is 15.5. The molecule has 0 saturated heterocycles. The Morgan fingerprint density at radius 3 is 2.74 bits per heavy atom. The van der Waals surface area contributed by atoms with Crippen LogP contribution in [-0.4, -0.2) is 23.8 Å². The number of nitrogens with one attached hydrogen (secondary N) is 2. The predicted octanol–water partition coefficient (Wildman–Crippen LogP) is 1.74. The summed E-state index contributed by atoms with van der Waals surface area (Å²) in [4.78, 5) is 11.9. The molecule has 1 aromatic carbocycles. The van der Waals surface area contributed by atoms with Gasteiger partial charge in [0, 0.05) is 18.6 Å². The van der Waals surface area contributed by atoms with Gasteiger partial charge < -0.3 is 15.7 Å². The molecule has 0 bridgehead atoms. The third-order valence-electron chi connectivity index (χ3n) is 4.08. The van der Waals surface area contributed by atoms with Gasteiger partial charge in [0.25, 0.3) is 0 Å². The number of benzene rings is 1. The molecule has 0 aromatic heterocycles. The van der Waals surface area contributed by atoms with Crippen LogP contribution in [0.5, 0.6) is 0 Å². The number of aryl methyl sites for hydroxylation is 1. The first-order chi connectivity index (χ1) is 9.28. The van der Waals surface area contributed by atoms with Crippen molar-refractivity contribution in [2.24, 2.45) is 5.92 Å². The van der Waals surface area contributed by atoms with Gasteiger partial charge in [-0.2, -0.15) is 0 Å². The van der Waals surface area contributed by atoms with Crippen LogP contribution in [0, 0.1) is 5.92 Å². The number of hydrogen-bond donors (Lipinski definition) is 3. The molecule has 2 aliphatic carbocycles. The van der Waals surface area contributed by atoms with Crippen molar-refractivity contribution in [2.75, 3.05) is 6.61 Å². The van der Waals surface area contributed by atoms with Crippen LogP contribution in [-0.2, 0) is 6.42 Å². The maximum atomic E-state index is 11.9. The molecule has 4 nitrogen and oxygen atoms in total. The molecular formula is C15H20N2O2. The molecule has 2 atom stereocenters. The standard InChI is InChI=1S/C15H20N2O2/c18-9-11-6-5-10-3-1-2-4-13(10)14(11)17-15(19)16-12-7-8-12/h1-4,11-12,14,18H,5-9H2,(H2,16,17,19). The highest BCUT2D eigenvalue weighted by atomic mass is 16.3. The van der Waals surface area contributed by atoms with Crippen molar-refractivity contribution >= 4 is 6.03 Å². The summed E-state index contributed by atoms with van der Waals surface area (Å²) in [7, 11) is 0. The number of amides is 2. The Hall–Kier alpha value is -1.55. The number of fused-ring (bicyclic) bond motifs is 1. The molecule has 0 spiro atoms. The fourth-order valence-corrected chi connectivity index (χ4v) is 2.82. The minimum absolute atomic E-state index is 0.0753. The van der Waals surface area contributed by atoms with Crippen LogP contribution >= 0.6 is 0 Å². The van der Waals surface area contributed by atoms with E-state index in [1.54, 1.807) is 0 Å². The van der Waals surface area contributed by atoms with E-state index < -0.39 is 0 Å². The number of hydrogen-bond acceptors (Lipinski definition) is 2. The van der Waals surface area contributed by atoms with E-state index in [0.29, 0.717) is 6.04 Å². The summed E-state index contributed by atoms with van der Waals surface area (Å²) >= 11 is 0. The second-order valence-corrected chi connectivity index (χ2v) is 5.55. The van der Waals surface area contributed by atoms with Crippen LogP contribution in [0.1, 0.15) is 36.4 Å². The molecule has 102 valence electrons. The lowest BCUT2D eigenvalue weighted by molar-refractivity contribution is 0.172. The summed E-state index contributed by atoms with van der Waals surface area (Å²) in [6.07, 6.45) is 4.06. The lowest BCUT2D eigenvalue weighted by Gasteiger charge is -2.33. The van der Waals surface area contributed by atoms with Crippen molar-refractivity contribution in [3.8, 4) is 0 Å². The Kier molecular flexibility index (Phi) is 3.42. The molecule has 1 aromatic rings. The van der Waals surface area contributed by atoms with Gasteiger partial charge in [0.05, 0.1) is 6.04 Å². The molecule has 0 radical (unpaired) electrons. The number of carbonyl (C=O) groups excluding carboxylic acids is 1. The third-order valence-corrected chi connectivity index (χ3v) is 4.08. The Morgan fingerprint density at radius 2 is 2.00 bits per heavy atom. The zero-order valence-electron chi connectivity index (χ0n) is 10.9. The molecule has 2 aliphatic rings. The monoisotopic (exact) mass is 260 g/mol. The van der Waals surface area contributed by atoms with Crippen LogP contribution in [0.2, 0.25) is 0 Å². The van der Waals surface area contributed by atoms with Crippen molar-refractivity contribution < 1.29 is 9.90 Å². The van der Waals surface area contributed by atoms with Crippen LogP contribution < -0.4 is 10.6 Å². The molecule has 19 heavy (non-hydrogen) atoms. The zero-order chi connectivity index (χ0) is 13.2. The summed E-state index contributed by atoms with van der Waals surface area (Å²) in [6, 6.07) is 8.35. The molecule has 3 N–H and O–H groups in total. The first kappa shape index (κ1) is 12.5. The van der Waals surface area contributed by atoms with E-state index in [0.717, 1.165) is 31.2 Å². The minimum atomic E-state index is -0.109. The second kappa shape index (κ2) is 5.21. The van der Waals surface area contributed by atoms with Gasteiger partial charge in [-0.1, -0.05) is 24.3 Å². The number of urea groups is 1. The fourth-order valence-electron chi connectivity index (χ4n) is 2.82. The van der Waals surface area contributed by atoms with Crippen LogP contribution in [0.15, 0.2) is 24.3 Å². The van der Waals surface area contributed by atoms with E-state index in [-0.39, 0.29) is 24.6 Å². The summed E-state index contributed by atoms with van der Waals surface area (Å²) in [5.41, 5.74) is 2.43. The van der Waals surface area contributed by atoms with E-state index in [2.05, 4.69) is 22.8 Å². The number of aliphatic hydroxyl groups excluding tert-OH is 1. The Morgan fingerprint density at radius 1 is 1.21 bits per heavy atom. The average molecular weight is 260 g/mol. The van der Waals surface area contributed by atoms with Crippen molar-refractivity contribution in [1.29, 1.82) is 0 Å². The van der Waals surface area contributed by atoms with Gasteiger partial charge in [-0.15, -0.1) is 0 Å². The molecule has 2 unspecified atom stereocenters. The molecule has 0 aliphatic heterocycles. The van der Waals surface area contributed by atoms with Crippen LogP contribution in [0.4, 0.5) is 4.79 Å². The van der Waals surface area contributed by atoms with Gasteiger partial charge in [0.1, 0.15) is 0 Å². The zero-order valence-corrected chi connectivity index (χ0v) is 10.9. The van der Waals surface area contributed by atoms with Gasteiger partial charge in [0.2, 0.25) is 0 Å². The number of aliphatic hydroxyl groups is 1. The highest BCUT2D eigenvalue weighted by Gasteiger charge is 2.31. The average Bonchev–Trinajstić information content (AvgIpc) is 3.23. The summed E-state index contributed by atoms with van der Waals surface area (Å²) < 4.78 is 0. The van der Waals surface area contributed by atoms with Crippen molar-refractivity contribution in [3.63, 3.8) is 0 Å². The lowest BCUT2D eigenvalue weighted by Crippen LogP contribution is -2.43. The molecule has 1 saturated carbocycles. The first-order valence-corrected chi connectivity index (χ1v) is 7.03. The van der Waals surface area contributed by atoms with E-state index in [1.165, 1.54) is 5.56 Å². The van der Waals surface area contributed by atoms with Crippen LogP contribution in [0.3, 0.4) is 0 Å². The van der Waals surface area contributed by atoms with Crippen molar-refractivity contribution in [3.05, 3.63) is 35.4 Å². The molecule has 2 amide bonds. The normalized spacial score (nSPS) is 25.5. The van der Waals surface area contributed by atoms with Gasteiger partial charge in [0.15, 0.2) is 0 Å². The Balaban J connectivity index is 1.77. The SMILES string of the molecule is O=C(NC1CC1)NC1c2ccccc2CCC1CO. The Labute approximate surface area is 113 Å². The quantitative estimate of drug-likeness (QED) is 0.775. The summed E-state index contributed by atoms with van der Waals surface area (Å²) in [5.74, 6) is 0.111. The molecule has 0 heterocycles. The minimum Gasteiger partial charge on any atom is -0.396 e. The maximum Gasteiger partial charge on any atom is 0.315 e. The van der Waals surface area contributed by atoms with E-state index in [4.69, 9.17) is 0 Å². The highest BCUT2D eigenvalue weighted by molar-refractivity contribution is 5.75. The Bertz CT molecular complexity index is 471. The smallest absolute Gasteiger partial charge is 0.315 e. The van der Waals surface area contributed by atoms with Gasteiger partial charge in [-0.25, -0.2) is 4.79 Å². The fraction of sp³-hybridized carbons (Fsp3) is 0.533.